The van der Waals surface area contributed by atoms with Crippen LogP contribution in [0.15, 0.2) is 36.1 Å². The quantitative estimate of drug-likeness (QED) is 0.593. The molecule has 2 heteroatoms. The Morgan fingerprint density at radius 2 is 1.73 bits per heavy atom. The maximum Gasteiger partial charge on any atom is 0.202 e. The number of benzene rings is 1. The summed E-state index contributed by atoms with van der Waals surface area (Å²) in [5, 5.41) is 9.62. The minimum absolute atomic E-state index is 0.186. The first-order valence-corrected chi connectivity index (χ1v) is 4.92. The van der Waals surface area contributed by atoms with Gasteiger partial charge in [-0.1, -0.05) is 51.1 Å². The van der Waals surface area contributed by atoms with Gasteiger partial charge in [-0.3, -0.25) is 4.79 Å². The molecule has 2 nitrogen and oxygen atoms in total. The third-order valence-corrected chi connectivity index (χ3v) is 2.02. The smallest absolute Gasteiger partial charge is 0.202 e. The molecule has 0 aliphatic rings. The number of ketones is 1. The lowest BCUT2D eigenvalue weighted by molar-refractivity contribution is -0.124. The normalized spacial score (nSPS) is 12.6. The second-order valence-corrected chi connectivity index (χ2v) is 4.52. The summed E-state index contributed by atoms with van der Waals surface area (Å²) in [5.41, 5.74) is 0.280. The van der Waals surface area contributed by atoms with Gasteiger partial charge in [0.1, 0.15) is 0 Å². The molecule has 1 N–H and O–H groups in total. The van der Waals surface area contributed by atoms with Crippen molar-refractivity contribution in [2.45, 2.75) is 20.8 Å². The van der Waals surface area contributed by atoms with E-state index in [4.69, 9.17) is 0 Å². The van der Waals surface area contributed by atoms with Gasteiger partial charge in [0, 0.05) is 5.41 Å². The van der Waals surface area contributed by atoms with Gasteiger partial charge in [-0.25, -0.2) is 0 Å². The molecule has 0 saturated carbocycles. The summed E-state index contributed by atoms with van der Waals surface area (Å²) >= 11 is 0. The Bertz CT molecular complexity index is 369. The fraction of sp³-hybridized carbons (Fsp3) is 0.308. The number of rotatable bonds is 2. The van der Waals surface area contributed by atoms with Crippen LogP contribution in [0.1, 0.15) is 26.3 Å². The second-order valence-electron chi connectivity index (χ2n) is 4.52. The van der Waals surface area contributed by atoms with Crippen LogP contribution in [-0.4, -0.2) is 10.9 Å². The number of hydrogen-bond acceptors (Lipinski definition) is 2. The molecule has 0 fully saturated rings. The molecule has 0 bridgehead atoms. The minimum atomic E-state index is -0.546. The SMILES string of the molecule is CC(C)(C)C(=O)C(O)=Cc1ccccc1. The maximum atomic E-state index is 11.7. The van der Waals surface area contributed by atoms with Crippen molar-refractivity contribution in [1.82, 2.24) is 0 Å². The Balaban J connectivity index is 2.91. The molecule has 0 heterocycles. The first-order valence-electron chi connectivity index (χ1n) is 4.92. The van der Waals surface area contributed by atoms with E-state index in [-0.39, 0.29) is 11.5 Å². The standard InChI is InChI=1S/C13H16O2/c1-13(2,3)12(15)11(14)9-10-7-5-4-6-8-10/h4-9,14H,1-3H3. The lowest BCUT2D eigenvalue weighted by atomic mass is 9.89. The first-order chi connectivity index (χ1) is 6.91. The number of Topliss-reactive ketones (excluding diaryl/α,β-unsaturated/α-hetero) is 1. The molecule has 1 rings (SSSR count). The van der Waals surface area contributed by atoms with E-state index in [1.165, 1.54) is 6.08 Å². The van der Waals surface area contributed by atoms with Crippen LogP contribution in [0.25, 0.3) is 6.08 Å². The van der Waals surface area contributed by atoms with E-state index in [0.717, 1.165) is 5.56 Å². The van der Waals surface area contributed by atoms with Crippen molar-refractivity contribution in [3.63, 3.8) is 0 Å². The molecule has 0 saturated heterocycles. The lowest BCUT2D eigenvalue weighted by Crippen LogP contribution is -2.21. The molecule has 0 amide bonds. The van der Waals surface area contributed by atoms with Gasteiger partial charge >= 0.3 is 0 Å². The molecule has 1 aromatic rings. The monoisotopic (exact) mass is 204 g/mol. The fourth-order valence-electron chi connectivity index (χ4n) is 1.16. The highest BCUT2D eigenvalue weighted by Gasteiger charge is 2.24. The number of allylic oxidation sites excluding steroid dienone is 1. The van der Waals surface area contributed by atoms with Crippen LogP contribution in [-0.2, 0) is 4.79 Å². The largest absolute Gasteiger partial charge is 0.504 e. The zero-order chi connectivity index (χ0) is 11.5. The highest BCUT2D eigenvalue weighted by molar-refractivity contribution is 6.00. The van der Waals surface area contributed by atoms with Gasteiger partial charge in [0.15, 0.2) is 5.76 Å². The Labute approximate surface area is 90.3 Å². The van der Waals surface area contributed by atoms with Crippen LogP contribution in [0.2, 0.25) is 0 Å². The predicted molar refractivity (Wildman–Crippen MR) is 61.5 cm³/mol. The third kappa shape index (κ3) is 3.24. The van der Waals surface area contributed by atoms with E-state index in [0.29, 0.717) is 0 Å². The van der Waals surface area contributed by atoms with E-state index in [9.17, 15) is 9.90 Å². The van der Waals surface area contributed by atoms with Crippen molar-refractivity contribution in [1.29, 1.82) is 0 Å². The number of carbonyl (C=O) groups is 1. The van der Waals surface area contributed by atoms with Crippen molar-refractivity contribution in [3.05, 3.63) is 41.7 Å². The van der Waals surface area contributed by atoms with E-state index in [1.807, 2.05) is 30.3 Å². The molecular weight excluding hydrogens is 188 g/mol. The molecule has 0 unspecified atom stereocenters. The van der Waals surface area contributed by atoms with E-state index in [1.54, 1.807) is 20.8 Å². The average Bonchev–Trinajstić information content (AvgIpc) is 2.16. The first kappa shape index (κ1) is 11.5. The van der Waals surface area contributed by atoms with Crippen LogP contribution >= 0.6 is 0 Å². The molecular formula is C13H16O2. The summed E-state index contributed by atoms with van der Waals surface area (Å²) in [7, 11) is 0. The van der Waals surface area contributed by atoms with Crippen molar-refractivity contribution in [2.75, 3.05) is 0 Å². The number of aliphatic hydroxyl groups excluding tert-OH is 1. The Morgan fingerprint density at radius 3 is 2.20 bits per heavy atom. The minimum Gasteiger partial charge on any atom is -0.504 e. The maximum absolute atomic E-state index is 11.7. The Hall–Kier alpha value is -1.57. The predicted octanol–water partition coefficient (Wildman–Crippen LogP) is 3.20. The molecule has 1 aromatic carbocycles. The average molecular weight is 204 g/mol. The van der Waals surface area contributed by atoms with Gasteiger partial charge in [-0.2, -0.15) is 0 Å². The van der Waals surface area contributed by atoms with Crippen molar-refractivity contribution in [2.24, 2.45) is 5.41 Å². The highest BCUT2D eigenvalue weighted by atomic mass is 16.3. The number of carbonyl (C=O) groups excluding carboxylic acids is 1. The summed E-state index contributed by atoms with van der Waals surface area (Å²) in [6.07, 6.45) is 1.49. The third-order valence-electron chi connectivity index (χ3n) is 2.02. The Morgan fingerprint density at radius 1 is 1.20 bits per heavy atom. The van der Waals surface area contributed by atoms with Gasteiger partial charge in [0.05, 0.1) is 0 Å². The second kappa shape index (κ2) is 4.30. The van der Waals surface area contributed by atoms with Gasteiger partial charge in [0.25, 0.3) is 0 Å². The summed E-state index contributed by atoms with van der Waals surface area (Å²) < 4.78 is 0. The molecule has 15 heavy (non-hydrogen) atoms. The molecule has 0 aliphatic heterocycles. The molecule has 0 aliphatic carbocycles. The van der Waals surface area contributed by atoms with E-state index >= 15 is 0 Å². The van der Waals surface area contributed by atoms with Crippen LogP contribution in [0.4, 0.5) is 0 Å². The molecule has 0 radical (unpaired) electrons. The van der Waals surface area contributed by atoms with E-state index < -0.39 is 5.41 Å². The van der Waals surface area contributed by atoms with Crippen LogP contribution in [0.3, 0.4) is 0 Å². The molecule has 0 aromatic heterocycles. The zero-order valence-electron chi connectivity index (χ0n) is 9.32. The van der Waals surface area contributed by atoms with Crippen molar-refractivity contribution in [3.8, 4) is 0 Å². The lowest BCUT2D eigenvalue weighted by Gasteiger charge is -2.15. The van der Waals surface area contributed by atoms with Gasteiger partial charge in [-0.15, -0.1) is 0 Å². The van der Waals surface area contributed by atoms with Crippen molar-refractivity contribution >= 4 is 11.9 Å². The summed E-state index contributed by atoms with van der Waals surface area (Å²) in [6, 6.07) is 9.29. The zero-order valence-corrected chi connectivity index (χ0v) is 9.32. The van der Waals surface area contributed by atoms with Crippen LogP contribution < -0.4 is 0 Å². The van der Waals surface area contributed by atoms with Crippen molar-refractivity contribution < 1.29 is 9.90 Å². The van der Waals surface area contributed by atoms with Crippen LogP contribution in [0, 0.1) is 5.41 Å². The van der Waals surface area contributed by atoms with Gasteiger partial charge in [-0.05, 0) is 11.6 Å². The Kier molecular flexibility index (Phi) is 3.30. The van der Waals surface area contributed by atoms with Gasteiger partial charge < -0.3 is 5.11 Å². The van der Waals surface area contributed by atoms with E-state index in [2.05, 4.69) is 0 Å². The molecule has 0 atom stereocenters. The topological polar surface area (TPSA) is 37.3 Å². The number of hydrogen-bond donors (Lipinski definition) is 1. The summed E-state index contributed by atoms with van der Waals surface area (Å²) in [4.78, 5) is 11.7. The molecule has 0 spiro atoms. The van der Waals surface area contributed by atoms with Gasteiger partial charge in [0.2, 0.25) is 5.78 Å². The van der Waals surface area contributed by atoms with Crippen LogP contribution in [0.5, 0.6) is 0 Å². The summed E-state index contributed by atoms with van der Waals surface area (Å²) in [6.45, 7) is 5.35. The summed E-state index contributed by atoms with van der Waals surface area (Å²) in [5.74, 6) is -0.431. The highest BCUT2D eigenvalue weighted by Crippen LogP contribution is 2.19. The molecule has 80 valence electrons. The number of aliphatic hydroxyl groups is 1. The fourth-order valence-corrected chi connectivity index (χ4v) is 1.16.